The normalized spacial score (nSPS) is 9.15. The van der Waals surface area contributed by atoms with Gasteiger partial charge in [0, 0.05) is 5.56 Å². The van der Waals surface area contributed by atoms with Gasteiger partial charge in [-0.05, 0) is 37.1 Å². The van der Waals surface area contributed by atoms with Crippen molar-refractivity contribution in [2.75, 3.05) is 5.75 Å². The van der Waals surface area contributed by atoms with E-state index in [-0.39, 0.29) is 0 Å². The molecule has 1 aromatic rings. The molecule has 0 saturated heterocycles. The number of benzene rings is 1. The highest BCUT2D eigenvalue weighted by Gasteiger charge is 2.00. The second-order valence-corrected chi connectivity index (χ2v) is 3.23. The average molecular weight is 192 g/mol. The van der Waals surface area contributed by atoms with Crippen LogP contribution in [0, 0.1) is 25.7 Å². The van der Waals surface area contributed by atoms with Crippen LogP contribution in [0.15, 0.2) is 12.1 Å². The van der Waals surface area contributed by atoms with Crippen LogP contribution in [0.3, 0.4) is 0 Å². The van der Waals surface area contributed by atoms with Crippen molar-refractivity contribution in [1.29, 1.82) is 0 Å². The fourth-order valence-electron chi connectivity index (χ4n) is 1.27. The second-order valence-electron chi connectivity index (χ2n) is 2.91. The topological polar surface area (TPSA) is 20.2 Å². The van der Waals surface area contributed by atoms with Crippen LogP contribution in [-0.4, -0.2) is 10.9 Å². The van der Waals surface area contributed by atoms with Gasteiger partial charge in [0.15, 0.2) is 0 Å². The van der Waals surface area contributed by atoms with Gasteiger partial charge < -0.3 is 5.11 Å². The summed E-state index contributed by atoms with van der Waals surface area (Å²) in [6.45, 7) is 3.88. The Labute approximate surface area is 84.2 Å². The third-order valence-corrected chi connectivity index (χ3v) is 1.97. The van der Waals surface area contributed by atoms with Crippen LogP contribution in [0.5, 0.6) is 5.75 Å². The van der Waals surface area contributed by atoms with Gasteiger partial charge in [-0.3, -0.25) is 0 Å². The van der Waals surface area contributed by atoms with Crippen LogP contribution in [0.4, 0.5) is 0 Å². The highest BCUT2D eigenvalue weighted by atomic mass is 32.1. The first-order chi connectivity index (χ1) is 6.15. The first-order valence-corrected chi connectivity index (χ1v) is 4.68. The summed E-state index contributed by atoms with van der Waals surface area (Å²) >= 11 is 4.02. The quantitative estimate of drug-likeness (QED) is 0.477. The summed E-state index contributed by atoms with van der Waals surface area (Å²) in [4.78, 5) is 0. The van der Waals surface area contributed by atoms with Crippen LogP contribution in [-0.2, 0) is 0 Å². The first-order valence-electron chi connectivity index (χ1n) is 4.05. The zero-order chi connectivity index (χ0) is 9.84. The van der Waals surface area contributed by atoms with Crippen molar-refractivity contribution in [2.24, 2.45) is 0 Å². The van der Waals surface area contributed by atoms with Crippen LogP contribution in [0.1, 0.15) is 16.7 Å². The van der Waals surface area contributed by atoms with Crippen molar-refractivity contribution in [1.82, 2.24) is 0 Å². The number of phenolic OH excluding ortho intramolecular Hbond substituents is 1. The molecule has 0 aliphatic rings. The van der Waals surface area contributed by atoms with Crippen molar-refractivity contribution in [2.45, 2.75) is 13.8 Å². The fourth-order valence-corrected chi connectivity index (χ4v) is 1.34. The Morgan fingerprint density at radius 1 is 1.31 bits per heavy atom. The van der Waals surface area contributed by atoms with E-state index in [1.807, 2.05) is 13.8 Å². The average Bonchev–Trinajstić information content (AvgIpc) is 2.02. The van der Waals surface area contributed by atoms with Gasteiger partial charge in [-0.2, -0.15) is 12.6 Å². The molecule has 0 aromatic heterocycles. The smallest absolute Gasteiger partial charge is 0.116 e. The summed E-state index contributed by atoms with van der Waals surface area (Å²) in [5, 5.41) is 9.28. The lowest BCUT2D eigenvalue weighted by Crippen LogP contribution is -1.87. The van der Waals surface area contributed by atoms with Gasteiger partial charge in [0.05, 0.1) is 5.75 Å². The molecule has 0 saturated carbocycles. The Hall–Kier alpha value is -1.07. The maximum Gasteiger partial charge on any atom is 0.116 e. The maximum absolute atomic E-state index is 9.28. The van der Waals surface area contributed by atoms with Gasteiger partial charge in [-0.1, -0.05) is 11.8 Å². The number of hydrogen-bond acceptors (Lipinski definition) is 2. The van der Waals surface area contributed by atoms with Gasteiger partial charge >= 0.3 is 0 Å². The van der Waals surface area contributed by atoms with E-state index in [0.29, 0.717) is 11.5 Å². The summed E-state index contributed by atoms with van der Waals surface area (Å²) in [5.74, 6) is 6.77. The molecule has 0 amide bonds. The molecule has 0 radical (unpaired) electrons. The van der Waals surface area contributed by atoms with Crippen molar-refractivity contribution in [3.05, 3.63) is 28.8 Å². The predicted molar refractivity (Wildman–Crippen MR) is 58.3 cm³/mol. The molecule has 0 aliphatic carbocycles. The molecule has 1 nitrogen and oxygen atoms in total. The van der Waals surface area contributed by atoms with Crippen molar-refractivity contribution >= 4 is 12.6 Å². The lowest BCUT2D eigenvalue weighted by molar-refractivity contribution is 0.474. The van der Waals surface area contributed by atoms with E-state index in [2.05, 4.69) is 24.5 Å². The summed E-state index contributed by atoms with van der Waals surface area (Å²) in [6.07, 6.45) is 0. The molecule has 68 valence electrons. The molecule has 0 unspecified atom stereocenters. The molecule has 0 spiro atoms. The number of aromatic hydroxyl groups is 1. The second kappa shape index (κ2) is 4.25. The molecule has 0 aliphatic heterocycles. The molecular formula is C11H12OS. The number of phenols is 1. The molecular weight excluding hydrogens is 180 g/mol. The van der Waals surface area contributed by atoms with Crippen LogP contribution in [0.2, 0.25) is 0 Å². The number of aryl methyl sites for hydroxylation is 2. The summed E-state index contributed by atoms with van der Waals surface area (Å²) in [5.41, 5.74) is 3.01. The minimum atomic E-state index is 0.298. The lowest BCUT2D eigenvalue weighted by atomic mass is 10.0. The van der Waals surface area contributed by atoms with Crippen molar-refractivity contribution in [3.8, 4) is 17.6 Å². The molecule has 1 aromatic carbocycles. The SMILES string of the molecule is Cc1cc(O)cc(C)c1C#CCS. The van der Waals surface area contributed by atoms with E-state index in [9.17, 15) is 5.11 Å². The fraction of sp³-hybridized carbons (Fsp3) is 0.273. The molecule has 1 N–H and O–H groups in total. The van der Waals surface area contributed by atoms with Gasteiger partial charge in [0.25, 0.3) is 0 Å². The van der Waals surface area contributed by atoms with E-state index in [1.54, 1.807) is 12.1 Å². The Kier molecular flexibility index (Phi) is 3.27. The molecule has 1 rings (SSSR count). The summed E-state index contributed by atoms with van der Waals surface area (Å²) < 4.78 is 0. The van der Waals surface area contributed by atoms with Gasteiger partial charge in [-0.25, -0.2) is 0 Å². The third-order valence-electron chi connectivity index (χ3n) is 1.81. The zero-order valence-corrected chi connectivity index (χ0v) is 8.65. The van der Waals surface area contributed by atoms with Gasteiger partial charge in [0.1, 0.15) is 5.75 Å². The Balaban J connectivity index is 3.21. The van der Waals surface area contributed by atoms with E-state index in [4.69, 9.17) is 0 Å². The number of thiol groups is 1. The van der Waals surface area contributed by atoms with Crippen molar-refractivity contribution in [3.63, 3.8) is 0 Å². The monoisotopic (exact) mass is 192 g/mol. The minimum absolute atomic E-state index is 0.298. The summed E-state index contributed by atoms with van der Waals surface area (Å²) in [7, 11) is 0. The maximum atomic E-state index is 9.28. The van der Waals surface area contributed by atoms with E-state index >= 15 is 0 Å². The third kappa shape index (κ3) is 2.43. The largest absolute Gasteiger partial charge is 0.508 e. The van der Waals surface area contributed by atoms with Crippen LogP contribution < -0.4 is 0 Å². The van der Waals surface area contributed by atoms with Crippen molar-refractivity contribution < 1.29 is 5.11 Å². The van der Waals surface area contributed by atoms with E-state index < -0.39 is 0 Å². The Morgan fingerprint density at radius 2 is 1.85 bits per heavy atom. The van der Waals surface area contributed by atoms with E-state index in [1.165, 1.54) is 0 Å². The lowest BCUT2D eigenvalue weighted by Gasteiger charge is -2.03. The number of rotatable bonds is 0. The van der Waals surface area contributed by atoms with E-state index in [0.717, 1.165) is 16.7 Å². The highest BCUT2D eigenvalue weighted by Crippen LogP contribution is 2.19. The molecule has 0 atom stereocenters. The molecule has 2 heteroatoms. The molecule has 13 heavy (non-hydrogen) atoms. The Bertz CT molecular complexity index is 348. The Morgan fingerprint density at radius 3 is 2.31 bits per heavy atom. The molecule has 0 fully saturated rings. The van der Waals surface area contributed by atoms with Gasteiger partial charge in [-0.15, -0.1) is 0 Å². The summed E-state index contributed by atoms with van der Waals surface area (Å²) in [6, 6.07) is 3.44. The first kappa shape index (κ1) is 10.0. The zero-order valence-electron chi connectivity index (χ0n) is 7.76. The van der Waals surface area contributed by atoms with Crippen LogP contribution in [0.25, 0.3) is 0 Å². The molecule has 0 heterocycles. The predicted octanol–water partition coefficient (Wildman–Crippen LogP) is 2.29. The highest BCUT2D eigenvalue weighted by molar-refractivity contribution is 7.80. The minimum Gasteiger partial charge on any atom is -0.508 e. The van der Waals surface area contributed by atoms with Gasteiger partial charge in [0.2, 0.25) is 0 Å². The molecule has 0 bridgehead atoms. The standard InChI is InChI=1S/C11H12OS/c1-8-6-10(12)7-9(2)11(8)4-3-5-13/h6-7,12-13H,5H2,1-2H3. The van der Waals surface area contributed by atoms with Crippen LogP contribution >= 0.6 is 12.6 Å². The number of hydrogen-bond donors (Lipinski definition) is 2.